The van der Waals surface area contributed by atoms with E-state index in [4.69, 9.17) is 10.5 Å². The van der Waals surface area contributed by atoms with Crippen molar-refractivity contribution in [2.24, 2.45) is 5.73 Å². The molecule has 0 atom stereocenters. The van der Waals surface area contributed by atoms with Crippen molar-refractivity contribution in [3.05, 3.63) is 35.9 Å². The van der Waals surface area contributed by atoms with Crippen molar-refractivity contribution in [3.63, 3.8) is 0 Å². The van der Waals surface area contributed by atoms with Crippen LogP contribution in [0.15, 0.2) is 30.3 Å². The molecule has 0 aromatic heterocycles. The summed E-state index contributed by atoms with van der Waals surface area (Å²) in [6.07, 6.45) is 3.82. The van der Waals surface area contributed by atoms with Gasteiger partial charge in [-0.1, -0.05) is 30.3 Å². The van der Waals surface area contributed by atoms with E-state index in [1.165, 1.54) is 5.56 Å². The zero-order valence-electron chi connectivity index (χ0n) is 9.32. The second-order valence-corrected chi connectivity index (χ2v) is 4.35. The molecule has 3 nitrogen and oxygen atoms in total. The van der Waals surface area contributed by atoms with Crippen molar-refractivity contribution in [2.75, 3.05) is 6.54 Å². The Kier molecular flexibility index (Phi) is 3.25. The highest BCUT2D eigenvalue weighted by atomic mass is 16.6. The molecule has 1 aliphatic rings. The first-order valence-corrected chi connectivity index (χ1v) is 5.70. The van der Waals surface area contributed by atoms with Gasteiger partial charge in [-0.3, -0.25) is 4.79 Å². The van der Waals surface area contributed by atoms with Crippen LogP contribution in [0, 0.1) is 0 Å². The third kappa shape index (κ3) is 2.83. The Bertz CT molecular complexity index is 357. The van der Waals surface area contributed by atoms with Gasteiger partial charge in [0.15, 0.2) is 0 Å². The van der Waals surface area contributed by atoms with Crippen molar-refractivity contribution in [3.8, 4) is 0 Å². The van der Waals surface area contributed by atoms with E-state index in [-0.39, 0.29) is 18.1 Å². The van der Waals surface area contributed by atoms with Gasteiger partial charge in [-0.15, -0.1) is 0 Å². The first-order valence-electron chi connectivity index (χ1n) is 5.70. The number of carbonyl (C=O) groups is 1. The van der Waals surface area contributed by atoms with Crippen LogP contribution < -0.4 is 5.73 Å². The van der Waals surface area contributed by atoms with Crippen molar-refractivity contribution in [1.29, 1.82) is 0 Å². The molecular formula is C13H17NO2. The maximum atomic E-state index is 11.1. The summed E-state index contributed by atoms with van der Waals surface area (Å²) in [5.41, 5.74) is 6.33. The Morgan fingerprint density at radius 3 is 2.56 bits per heavy atom. The summed E-state index contributed by atoms with van der Waals surface area (Å²) in [5.74, 6) is -0.287. The van der Waals surface area contributed by atoms with Gasteiger partial charge < -0.3 is 10.5 Å². The minimum atomic E-state index is -0.287. The largest absolute Gasteiger partial charge is 0.458 e. The van der Waals surface area contributed by atoms with Crippen LogP contribution in [0.1, 0.15) is 24.8 Å². The fraction of sp³-hybridized carbons (Fsp3) is 0.462. The van der Waals surface area contributed by atoms with Crippen molar-refractivity contribution >= 4 is 5.97 Å². The van der Waals surface area contributed by atoms with Crippen LogP contribution in [0.25, 0.3) is 0 Å². The fourth-order valence-electron chi connectivity index (χ4n) is 1.84. The van der Waals surface area contributed by atoms with E-state index in [1.807, 2.05) is 18.2 Å². The number of benzene rings is 1. The lowest BCUT2D eigenvalue weighted by Crippen LogP contribution is -2.25. The zero-order valence-corrected chi connectivity index (χ0v) is 9.32. The molecule has 0 aliphatic heterocycles. The van der Waals surface area contributed by atoms with E-state index < -0.39 is 0 Å². The van der Waals surface area contributed by atoms with Crippen LogP contribution in [0.2, 0.25) is 0 Å². The van der Waals surface area contributed by atoms with Gasteiger partial charge in [0.05, 0.1) is 6.54 Å². The molecular weight excluding hydrogens is 202 g/mol. The molecule has 16 heavy (non-hydrogen) atoms. The Morgan fingerprint density at radius 2 is 2.00 bits per heavy atom. The van der Waals surface area contributed by atoms with Crippen LogP contribution >= 0.6 is 0 Å². The molecule has 1 aromatic carbocycles. The highest BCUT2D eigenvalue weighted by Gasteiger charge is 2.45. The molecule has 1 aromatic rings. The van der Waals surface area contributed by atoms with E-state index in [0.29, 0.717) is 0 Å². The predicted molar refractivity (Wildman–Crippen MR) is 61.9 cm³/mol. The number of ether oxygens (including phenoxy) is 1. The number of nitrogens with two attached hydrogens (primary N) is 1. The summed E-state index contributed by atoms with van der Waals surface area (Å²) in [7, 11) is 0. The topological polar surface area (TPSA) is 52.3 Å². The third-order valence-electron chi connectivity index (χ3n) is 3.02. The van der Waals surface area contributed by atoms with E-state index in [2.05, 4.69) is 12.1 Å². The molecule has 0 saturated heterocycles. The lowest BCUT2D eigenvalue weighted by molar-refractivity contribution is -0.149. The second kappa shape index (κ2) is 4.66. The molecule has 0 bridgehead atoms. The quantitative estimate of drug-likeness (QED) is 0.766. The van der Waals surface area contributed by atoms with Crippen LogP contribution in [0.4, 0.5) is 0 Å². The van der Waals surface area contributed by atoms with Gasteiger partial charge >= 0.3 is 5.97 Å². The first kappa shape index (κ1) is 11.1. The molecule has 0 radical (unpaired) electrons. The maximum Gasteiger partial charge on any atom is 0.320 e. The predicted octanol–water partition coefficient (Wildman–Crippen LogP) is 1.65. The normalized spacial score (nSPS) is 16.8. The molecule has 2 rings (SSSR count). The standard InChI is InChI=1S/C13H17NO2/c14-10-12(15)16-13(8-9-13)7-6-11-4-2-1-3-5-11/h1-5H,6-10,14H2. The fourth-order valence-corrected chi connectivity index (χ4v) is 1.84. The number of hydrogen-bond acceptors (Lipinski definition) is 3. The van der Waals surface area contributed by atoms with Crippen LogP contribution in [-0.2, 0) is 16.0 Å². The Balaban J connectivity index is 1.84. The SMILES string of the molecule is NCC(=O)OC1(CCc2ccccc2)CC1. The minimum Gasteiger partial charge on any atom is -0.458 e. The van der Waals surface area contributed by atoms with Gasteiger partial charge in [-0.25, -0.2) is 0 Å². The zero-order chi connectivity index (χ0) is 11.4. The molecule has 3 heteroatoms. The summed E-state index contributed by atoms with van der Waals surface area (Å²) in [5, 5.41) is 0. The third-order valence-corrected chi connectivity index (χ3v) is 3.02. The average Bonchev–Trinajstić information content (AvgIpc) is 3.08. The van der Waals surface area contributed by atoms with Crippen LogP contribution in [0.3, 0.4) is 0 Å². The van der Waals surface area contributed by atoms with Crippen molar-refractivity contribution in [2.45, 2.75) is 31.3 Å². The molecule has 1 fully saturated rings. The summed E-state index contributed by atoms with van der Waals surface area (Å²) >= 11 is 0. The van der Waals surface area contributed by atoms with Gasteiger partial charge in [0.2, 0.25) is 0 Å². The van der Waals surface area contributed by atoms with Crippen LogP contribution in [-0.4, -0.2) is 18.1 Å². The average molecular weight is 219 g/mol. The second-order valence-electron chi connectivity index (χ2n) is 4.35. The molecule has 0 heterocycles. The Labute approximate surface area is 95.6 Å². The molecule has 86 valence electrons. The van der Waals surface area contributed by atoms with Crippen molar-refractivity contribution in [1.82, 2.24) is 0 Å². The van der Waals surface area contributed by atoms with E-state index in [1.54, 1.807) is 0 Å². The lowest BCUT2D eigenvalue weighted by atomic mass is 10.1. The number of esters is 1. The molecule has 1 aliphatic carbocycles. The summed E-state index contributed by atoms with van der Waals surface area (Å²) in [6.45, 7) is -0.0207. The number of carbonyl (C=O) groups excluding carboxylic acids is 1. The smallest absolute Gasteiger partial charge is 0.320 e. The molecule has 0 amide bonds. The maximum absolute atomic E-state index is 11.1. The van der Waals surface area contributed by atoms with E-state index in [0.717, 1.165) is 25.7 Å². The highest BCUT2D eigenvalue weighted by Crippen LogP contribution is 2.43. The Hall–Kier alpha value is -1.35. The highest BCUT2D eigenvalue weighted by molar-refractivity contribution is 5.72. The van der Waals surface area contributed by atoms with Gasteiger partial charge in [-0.05, 0) is 31.2 Å². The van der Waals surface area contributed by atoms with Gasteiger partial charge in [0.25, 0.3) is 0 Å². The van der Waals surface area contributed by atoms with Gasteiger partial charge in [-0.2, -0.15) is 0 Å². The number of rotatable bonds is 5. The van der Waals surface area contributed by atoms with E-state index in [9.17, 15) is 4.79 Å². The number of aryl methyl sites for hydroxylation is 1. The minimum absolute atomic E-state index is 0.0207. The van der Waals surface area contributed by atoms with E-state index >= 15 is 0 Å². The molecule has 2 N–H and O–H groups in total. The summed E-state index contributed by atoms with van der Waals surface area (Å²) in [4.78, 5) is 11.1. The van der Waals surface area contributed by atoms with Crippen LogP contribution in [0.5, 0.6) is 0 Å². The first-order chi connectivity index (χ1) is 7.74. The molecule has 1 saturated carbocycles. The van der Waals surface area contributed by atoms with Gasteiger partial charge in [0, 0.05) is 0 Å². The summed E-state index contributed by atoms with van der Waals surface area (Å²) < 4.78 is 5.36. The lowest BCUT2D eigenvalue weighted by Gasteiger charge is -2.15. The monoisotopic (exact) mass is 219 g/mol. The Morgan fingerprint density at radius 1 is 1.31 bits per heavy atom. The number of hydrogen-bond donors (Lipinski definition) is 1. The summed E-state index contributed by atoms with van der Waals surface area (Å²) in [6, 6.07) is 10.3. The van der Waals surface area contributed by atoms with Gasteiger partial charge in [0.1, 0.15) is 5.60 Å². The molecule has 0 unspecified atom stereocenters. The van der Waals surface area contributed by atoms with Crippen molar-refractivity contribution < 1.29 is 9.53 Å². The molecule has 0 spiro atoms.